The van der Waals surface area contributed by atoms with Crippen LogP contribution in [0.1, 0.15) is 37.5 Å². The van der Waals surface area contributed by atoms with Crippen molar-refractivity contribution in [3.05, 3.63) is 18.2 Å². The average molecular weight is 346 g/mol. The van der Waals surface area contributed by atoms with Gasteiger partial charge in [0.25, 0.3) is 0 Å². The van der Waals surface area contributed by atoms with E-state index >= 15 is 0 Å². The van der Waals surface area contributed by atoms with Crippen LogP contribution in [0.5, 0.6) is 0 Å². The number of amides is 1. The molecular weight excluding hydrogens is 316 g/mol. The van der Waals surface area contributed by atoms with E-state index < -0.39 is 0 Å². The first-order valence-corrected chi connectivity index (χ1v) is 9.66. The van der Waals surface area contributed by atoms with Crippen molar-refractivity contribution in [2.75, 3.05) is 39.3 Å². The molecule has 1 aromatic heterocycles. The van der Waals surface area contributed by atoms with Gasteiger partial charge in [-0.3, -0.25) is 9.69 Å². The molecule has 25 heavy (non-hydrogen) atoms. The normalized spacial score (nSPS) is 26.7. The number of aryl methyl sites for hydroxylation is 1. The summed E-state index contributed by atoms with van der Waals surface area (Å²) < 4.78 is 2.05. The Bertz CT molecular complexity index is 590. The van der Waals surface area contributed by atoms with Crippen molar-refractivity contribution in [3.8, 4) is 0 Å². The number of carbonyl (C=O) groups excluding carboxylic acids is 1. The van der Waals surface area contributed by atoms with Crippen molar-refractivity contribution in [2.45, 2.75) is 43.8 Å². The molecule has 7 nitrogen and oxygen atoms in total. The summed E-state index contributed by atoms with van der Waals surface area (Å²) in [4.78, 5) is 21.9. The first-order chi connectivity index (χ1) is 12.2. The summed E-state index contributed by atoms with van der Waals surface area (Å²) in [5.41, 5.74) is 0. The number of imidazole rings is 1. The lowest BCUT2D eigenvalue weighted by molar-refractivity contribution is -0.124. The Balaban J connectivity index is 1.29. The first kappa shape index (κ1) is 17.0. The number of nitrogens with zero attached hydrogens (tertiary/aromatic N) is 4. The number of hydrogen-bond acceptors (Lipinski definition) is 5. The molecule has 7 heteroatoms. The van der Waals surface area contributed by atoms with Gasteiger partial charge in [0.2, 0.25) is 5.91 Å². The first-order valence-electron chi connectivity index (χ1n) is 9.66. The molecule has 1 saturated carbocycles. The maximum Gasteiger partial charge on any atom is 0.234 e. The Hall–Kier alpha value is -1.44. The Labute approximate surface area is 149 Å². The predicted octanol–water partition coefficient (Wildman–Crippen LogP) is 0.109. The number of nitrogens with one attached hydrogen (secondary N) is 2. The van der Waals surface area contributed by atoms with Crippen LogP contribution in [0, 0.1) is 0 Å². The molecule has 0 bridgehead atoms. The molecule has 4 rings (SSSR count). The molecule has 3 aliphatic rings. The highest BCUT2D eigenvalue weighted by atomic mass is 16.2. The minimum atomic E-state index is 0.158. The van der Waals surface area contributed by atoms with Crippen LogP contribution in [0.4, 0.5) is 0 Å². The fraction of sp³-hybridized carbons (Fsp3) is 0.778. The molecule has 1 amide bonds. The Morgan fingerprint density at radius 1 is 1.28 bits per heavy atom. The third-order valence-electron chi connectivity index (χ3n) is 5.82. The zero-order valence-corrected chi connectivity index (χ0v) is 15.2. The van der Waals surface area contributed by atoms with Gasteiger partial charge in [0.05, 0.1) is 12.6 Å². The number of carbonyl (C=O) groups is 1. The summed E-state index contributed by atoms with van der Waals surface area (Å²) in [6, 6.07) is 1.35. The molecule has 2 aliphatic heterocycles. The van der Waals surface area contributed by atoms with E-state index in [1.165, 1.54) is 12.8 Å². The number of piperidine rings is 1. The van der Waals surface area contributed by atoms with Crippen LogP contribution in [0.15, 0.2) is 12.4 Å². The monoisotopic (exact) mass is 346 g/mol. The smallest absolute Gasteiger partial charge is 0.234 e. The van der Waals surface area contributed by atoms with E-state index in [1.807, 2.05) is 19.4 Å². The molecule has 2 saturated heterocycles. The fourth-order valence-electron chi connectivity index (χ4n) is 4.19. The predicted molar refractivity (Wildman–Crippen MR) is 96.2 cm³/mol. The van der Waals surface area contributed by atoms with Gasteiger partial charge >= 0.3 is 0 Å². The molecule has 2 N–H and O–H groups in total. The van der Waals surface area contributed by atoms with E-state index in [2.05, 4.69) is 30.0 Å². The highest BCUT2D eigenvalue weighted by molar-refractivity contribution is 5.78. The molecule has 138 valence electrons. The summed E-state index contributed by atoms with van der Waals surface area (Å²) in [7, 11) is 2.02. The average Bonchev–Trinajstić information content (AvgIpc) is 3.38. The van der Waals surface area contributed by atoms with Crippen molar-refractivity contribution in [2.24, 2.45) is 7.05 Å². The lowest BCUT2D eigenvalue weighted by atomic mass is 10.0. The summed E-state index contributed by atoms with van der Waals surface area (Å²) in [5.74, 6) is 1.18. The Morgan fingerprint density at radius 3 is 2.76 bits per heavy atom. The van der Waals surface area contributed by atoms with E-state index in [1.54, 1.807) is 0 Å². The number of aromatic nitrogens is 2. The van der Waals surface area contributed by atoms with Crippen molar-refractivity contribution >= 4 is 5.91 Å². The van der Waals surface area contributed by atoms with Crippen LogP contribution in [0.25, 0.3) is 0 Å². The van der Waals surface area contributed by atoms with Gasteiger partial charge in [-0.1, -0.05) is 0 Å². The van der Waals surface area contributed by atoms with Gasteiger partial charge < -0.3 is 20.1 Å². The maximum atomic E-state index is 12.6. The van der Waals surface area contributed by atoms with Crippen LogP contribution in [-0.4, -0.2) is 76.6 Å². The second-order valence-electron chi connectivity index (χ2n) is 7.70. The minimum Gasteiger partial charge on any atom is -0.352 e. The van der Waals surface area contributed by atoms with E-state index in [-0.39, 0.29) is 11.9 Å². The van der Waals surface area contributed by atoms with Crippen molar-refractivity contribution < 1.29 is 4.79 Å². The molecule has 0 aromatic carbocycles. The van der Waals surface area contributed by atoms with Crippen molar-refractivity contribution in [1.82, 2.24) is 30.0 Å². The molecule has 1 aliphatic carbocycles. The molecule has 1 unspecified atom stereocenters. The lowest BCUT2D eigenvalue weighted by Gasteiger charge is -2.36. The van der Waals surface area contributed by atoms with Crippen LogP contribution in [0.2, 0.25) is 0 Å². The topological polar surface area (TPSA) is 65.4 Å². The minimum absolute atomic E-state index is 0.158. The van der Waals surface area contributed by atoms with Crippen molar-refractivity contribution in [1.29, 1.82) is 0 Å². The number of hydrogen-bond donors (Lipinski definition) is 2. The van der Waals surface area contributed by atoms with E-state index in [4.69, 9.17) is 0 Å². The molecule has 3 heterocycles. The molecule has 3 fully saturated rings. The third-order valence-corrected chi connectivity index (χ3v) is 5.82. The van der Waals surface area contributed by atoms with Gasteiger partial charge in [0.1, 0.15) is 5.82 Å². The highest BCUT2D eigenvalue weighted by Gasteiger charge is 2.33. The second kappa shape index (κ2) is 7.43. The molecule has 0 spiro atoms. The van der Waals surface area contributed by atoms with Gasteiger partial charge in [-0.25, -0.2) is 4.98 Å². The van der Waals surface area contributed by atoms with Gasteiger partial charge in [-0.15, -0.1) is 0 Å². The lowest BCUT2D eigenvalue weighted by Crippen LogP contribution is -2.52. The maximum absolute atomic E-state index is 12.6. The largest absolute Gasteiger partial charge is 0.352 e. The molecule has 1 atom stereocenters. The van der Waals surface area contributed by atoms with Gasteiger partial charge in [-0.05, 0) is 25.7 Å². The van der Waals surface area contributed by atoms with E-state index in [0.717, 1.165) is 57.4 Å². The number of likely N-dealkylation sites (tertiary alicyclic amines) is 1. The quantitative estimate of drug-likeness (QED) is 0.792. The van der Waals surface area contributed by atoms with Crippen LogP contribution < -0.4 is 10.6 Å². The number of rotatable bonds is 5. The van der Waals surface area contributed by atoms with Crippen molar-refractivity contribution in [3.63, 3.8) is 0 Å². The summed E-state index contributed by atoms with van der Waals surface area (Å²) in [6.07, 6.45) is 8.72. The molecular formula is C18H30N6O. The fourth-order valence-corrected chi connectivity index (χ4v) is 4.19. The molecule has 0 radical (unpaired) electrons. The zero-order chi connectivity index (χ0) is 17.2. The summed E-state index contributed by atoms with van der Waals surface area (Å²) in [5, 5.41) is 6.70. The van der Waals surface area contributed by atoms with E-state index in [0.29, 0.717) is 12.6 Å². The Morgan fingerprint density at radius 2 is 2.08 bits per heavy atom. The summed E-state index contributed by atoms with van der Waals surface area (Å²) in [6.45, 7) is 5.39. The van der Waals surface area contributed by atoms with Gasteiger partial charge in [0.15, 0.2) is 0 Å². The van der Waals surface area contributed by atoms with E-state index in [9.17, 15) is 4.79 Å². The Kier molecular flexibility index (Phi) is 5.05. The third kappa shape index (κ3) is 4.04. The van der Waals surface area contributed by atoms with Crippen LogP contribution >= 0.6 is 0 Å². The zero-order valence-electron chi connectivity index (χ0n) is 15.2. The van der Waals surface area contributed by atoms with Gasteiger partial charge in [-0.2, -0.15) is 0 Å². The number of piperazine rings is 1. The molecule has 1 aromatic rings. The van der Waals surface area contributed by atoms with Gasteiger partial charge in [0, 0.05) is 64.2 Å². The second-order valence-corrected chi connectivity index (χ2v) is 7.70. The highest BCUT2D eigenvalue weighted by Crippen LogP contribution is 2.29. The SMILES string of the molecule is Cn1ccnc1C1CNCCN1CC(=O)NC1CCN(C2CC2)CC1. The van der Waals surface area contributed by atoms with Crippen LogP contribution in [0.3, 0.4) is 0 Å². The standard InChI is InChI=1S/C18H30N6O/c1-22-10-7-20-18(22)16-12-19-6-11-24(16)13-17(25)21-14-4-8-23(9-5-14)15-2-3-15/h7,10,14-16,19H,2-6,8-9,11-13H2,1H3,(H,21,25). The van der Waals surface area contributed by atoms with Crippen LogP contribution in [-0.2, 0) is 11.8 Å². The summed E-state index contributed by atoms with van der Waals surface area (Å²) >= 11 is 0.